The molecule has 0 atom stereocenters. The number of hydrogen-bond donors (Lipinski definition) is 2. The van der Waals surface area contributed by atoms with Crippen LogP contribution in [0.15, 0.2) is 243 Å². The van der Waals surface area contributed by atoms with Gasteiger partial charge in [-0.1, -0.05) is 182 Å². The van der Waals surface area contributed by atoms with E-state index < -0.39 is 0 Å². The minimum Gasteiger partial charge on any atom is -0.457 e. The zero-order valence-electron chi connectivity index (χ0n) is 36.8. The van der Waals surface area contributed by atoms with Crippen LogP contribution < -0.4 is 9.47 Å². The lowest BCUT2D eigenvalue weighted by atomic mass is 9.92. The van der Waals surface area contributed by atoms with Crippen LogP contribution in [0.25, 0.3) is 100 Å². The number of H-pyrrole nitrogens is 2. The molecule has 0 fully saturated rings. The lowest BCUT2D eigenvalue weighted by Crippen LogP contribution is -1.95. The Hall–Kier alpha value is -9.26. The van der Waals surface area contributed by atoms with Crippen LogP contribution in [-0.4, -0.2) is 19.9 Å². The Morgan fingerprint density at radius 1 is 0.279 bits per heavy atom. The van der Waals surface area contributed by atoms with E-state index in [2.05, 4.69) is 156 Å². The Morgan fingerprint density at radius 2 is 0.618 bits per heavy atom. The molecule has 0 aliphatic carbocycles. The van der Waals surface area contributed by atoms with Gasteiger partial charge in [-0.25, -0.2) is 9.97 Å². The van der Waals surface area contributed by atoms with E-state index in [9.17, 15) is 0 Å². The number of aromatic nitrogens is 4. The minimum absolute atomic E-state index is 0.700. The van der Waals surface area contributed by atoms with Crippen LogP contribution in [-0.2, 0) is 0 Å². The molecule has 6 nitrogen and oxygen atoms in total. The van der Waals surface area contributed by atoms with Crippen molar-refractivity contribution in [2.75, 3.05) is 0 Å². The molecule has 6 heteroatoms. The van der Waals surface area contributed by atoms with E-state index in [0.29, 0.717) is 23.0 Å². The summed E-state index contributed by atoms with van der Waals surface area (Å²) in [4.78, 5) is 17.5. The summed E-state index contributed by atoms with van der Waals surface area (Å²) < 4.78 is 13.9. The first-order valence-corrected chi connectivity index (χ1v) is 22.7. The fourth-order valence-corrected chi connectivity index (χ4v) is 9.06. The van der Waals surface area contributed by atoms with E-state index in [1.54, 1.807) is 0 Å². The van der Waals surface area contributed by atoms with Crippen LogP contribution >= 0.6 is 0 Å². The number of aromatic amines is 2. The molecule has 12 aromatic rings. The summed E-state index contributed by atoms with van der Waals surface area (Å²) in [6, 6.07) is 82.8. The molecule has 0 saturated carbocycles. The number of hydrogen-bond acceptors (Lipinski definition) is 4. The predicted molar refractivity (Wildman–Crippen MR) is 277 cm³/mol. The van der Waals surface area contributed by atoms with Crippen LogP contribution in [0.2, 0.25) is 0 Å². The summed E-state index contributed by atoms with van der Waals surface area (Å²) in [6.45, 7) is 0. The highest BCUT2D eigenvalue weighted by Gasteiger charge is 2.22. The predicted octanol–water partition coefficient (Wildman–Crippen LogP) is 16.7. The second kappa shape index (κ2) is 17.6. The third kappa shape index (κ3) is 7.76. The van der Waals surface area contributed by atoms with Crippen molar-refractivity contribution in [3.8, 4) is 102 Å². The Balaban J connectivity index is 0.900. The number of rotatable bonds is 11. The normalized spacial score (nSPS) is 11.2. The van der Waals surface area contributed by atoms with Gasteiger partial charge < -0.3 is 19.4 Å². The van der Waals surface area contributed by atoms with Gasteiger partial charge in [0.1, 0.15) is 34.6 Å². The number of ether oxygens (including phenoxy) is 2. The van der Waals surface area contributed by atoms with E-state index >= 15 is 0 Å². The maximum Gasteiger partial charge on any atom is 0.138 e. The van der Waals surface area contributed by atoms with Crippen LogP contribution in [0.5, 0.6) is 23.0 Å². The highest BCUT2D eigenvalue weighted by atomic mass is 16.5. The smallest absolute Gasteiger partial charge is 0.138 e. The van der Waals surface area contributed by atoms with Crippen molar-refractivity contribution in [2.24, 2.45) is 0 Å². The summed E-state index contributed by atoms with van der Waals surface area (Å²) in [5, 5.41) is 4.30. The SMILES string of the molecule is c1ccc(-c2nc(-c3ccc(Oc4ccc5ccccc5c4-c4c(Oc5ccc(-c6nc(-c7ccccc7)c(-c7ccccc7)[nH]6)cc5)ccc5ccccc45)cc3)[nH]c2-c2ccccc2)cc1. The van der Waals surface area contributed by atoms with Gasteiger partial charge >= 0.3 is 0 Å². The molecular weight excluding hydrogens is 833 g/mol. The Kier molecular flexibility index (Phi) is 10.4. The fourth-order valence-electron chi connectivity index (χ4n) is 9.06. The number of imidazole rings is 2. The summed E-state index contributed by atoms with van der Waals surface area (Å²) in [6.07, 6.45) is 0. The quantitative estimate of drug-likeness (QED) is 0.136. The molecule has 0 unspecified atom stereocenters. The third-order valence-electron chi connectivity index (χ3n) is 12.4. The topological polar surface area (TPSA) is 75.8 Å². The van der Waals surface area contributed by atoms with Gasteiger partial charge in [0.2, 0.25) is 0 Å². The van der Waals surface area contributed by atoms with Gasteiger partial charge in [-0.3, -0.25) is 0 Å². The summed E-state index contributed by atoms with van der Waals surface area (Å²) >= 11 is 0. The average Bonchev–Trinajstić information content (AvgIpc) is 4.07. The van der Waals surface area contributed by atoms with Crippen molar-refractivity contribution in [3.05, 3.63) is 243 Å². The molecule has 0 amide bonds. The molecule has 0 aliphatic rings. The molecule has 0 radical (unpaired) electrons. The van der Waals surface area contributed by atoms with E-state index in [1.165, 1.54) is 0 Å². The summed E-state index contributed by atoms with van der Waals surface area (Å²) in [7, 11) is 0. The zero-order chi connectivity index (χ0) is 45.2. The molecule has 10 aromatic carbocycles. The molecule has 0 saturated heterocycles. The molecule has 0 bridgehead atoms. The molecule has 322 valence electrons. The van der Waals surface area contributed by atoms with E-state index in [1.807, 2.05) is 97.1 Å². The van der Waals surface area contributed by atoms with Gasteiger partial charge in [-0.15, -0.1) is 0 Å². The van der Waals surface area contributed by atoms with Crippen LogP contribution in [0.4, 0.5) is 0 Å². The van der Waals surface area contributed by atoms with E-state index in [-0.39, 0.29) is 0 Å². The van der Waals surface area contributed by atoms with Gasteiger partial charge in [-0.2, -0.15) is 0 Å². The number of nitrogens with zero attached hydrogens (tertiary/aromatic N) is 2. The minimum atomic E-state index is 0.700. The van der Waals surface area contributed by atoms with Crippen LogP contribution in [0.3, 0.4) is 0 Å². The Labute approximate surface area is 393 Å². The second-order valence-corrected chi connectivity index (χ2v) is 16.7. The van der Waals surface area contributed by atoms with E-state index in [4.69, 9.17) is 19.4 Å². The molecule has 0 spiro atoms. The number of nitrogens with one attached hydrogen (secondary N) is 2. The maximum absolute atomic E-state index is 6.93. The molecule has 68 heavy (non-hydrogen) atoms. The lowest BCUT2D eigenvalue weighted by molar-refractivity contribution is 0.478. The van der Waals surface area contributed by atoms with Gasteiger partial charge in [0.25, 0.3) is 0 Å². The molecule has 2 N–H and O–H groups in total. The Morgan fingerprint density at radius 3 is 1.00 bits per heavy atom. The van der Waals surface area contributed by atoms with Crippen molar-refractivity contribution in [2.45, 2.75) is 0 Å². The van der Waals surface area contributed by atoms with Crippen molar-refractivity contribution in [1.82, 2.24) is 19.9 Å². The maximum atomic E-state index is 6.93. The monoisotopic (exact) mass is 874 g/mol. The van der Waals surface area contributed by atoms with Crippen molar-refractivity contribution >= 4 is 21.5 Å². The van der Waals surface area contributed by atoms with Crippen LogP contribution in [0.1, 0.15) is 0 Å². The highest BCUT2D eigenvalue weighted by molar-refractivity contribution is 6.10. The van der Waals surface area contributed by atoms with Crippen molar-refractivity contribution in [1.29, 1.82) is 0 Å². The highest BCUT2D eigenvalue weighted by Crippen LogP contribution is 2.48. The largest absolute Gasteiger partial charge is 0.457 e. The third-order valence-corrected chi connectivity index (χ3v) is 12.4. The fraction of sp³-hybridized carbons (Fsp3) is 0. The summed E-state index contributed by atoms with van der Waals surface area (Å²) in [5.74, 6) is 4.39. The first kappa shape index (κ1) is 40.3. The van der Waals surface area contributed by atoms with Crippen LogP contribution in [0, 0.1) is 0 Å². The number of fused-ring (bicyclic) bond motifs is 2. The van der Waals surface area contributed by atoms with Gasteiger partial charge in [-0.05, 0) is 82.2 Å². The zero-order valence-corrected chi connectivity index (χ0v) is 36.8. The molecule has 2 aromatic heterocycles. The molecular formula is C62H42N4O2. The summed E-state index contributed by atoms with van der Waals surface area (Å²) in [5.41, 5.74) is 11.8. The van der Waals surface area contributed by atoms with Gasteiger partial charge in [0.15, 0.2) is 0 Å². The lowest BCUT2D eigenvalue weighted by Gasteiger charge is -2.19. The number of benzene rings is 10. The first-order valence-electron chi connectivity index (χ1n) is 22.7. The van der Waals surface area contributed by atoms with Gasteiger partial charge in [0.05, 0.1) is 22.8 Å². The second-order valence-electron chi connectivity index (χ2n) is 16.7. The standard InChI is InChI=1S/C62H42N4O2/c1-5-19-43(20-6-1)57-58(44-21-7-2-8-22-44)64-61(63-57)47-29-35-49(36-30-47)67-53-39-33-41-17-13-15-27-51(41)55(53)56-52-28-16-14-18-42(52)34-40-54(56)68-50-37-31-48(32-38-50)62-65-59(45-23-9-3-10-24-45)60(66-62)46-25-11-4-12-26-46/h1-40H,(H,63,64)(H,65,66). The van der Waals surface area contributed by atoms with Gasteiger partial charge in [0, 0.05) is 44.5 Å². The Bertz CT molecular complexity index is 3340. The average molecular weight is 875 g/mol. The molecule has 0 aliphatic heterocycles. The molecule has 12 rings (SSSR count). The van der Waals surface area contributed by atoms with E-state index in [0.717, 1.165) is 100 Å². The van der Waals surface area contributed by atoms with Crippen molar-refractivity contribution in [3.63, 3.8) is 0 Å². The first-order chi connectivity index (χ1) is 33.7. The van der Waals surface area contributed by atoms with Crippen molar-refractivity contribution < 1.29 is 9.47 Å². The molecule has 2 heterocycles.